The van der Waals surface area contributed by atoms with Crippen LogP contribution in [0.15, 0.2) is 40.2 Å². The highest BCUT2D eigenvalue weighted by molar-refractivity contribution is 9.10. The summed E-state index contributed by atoms with van der Waals surface area (Å²) in [6, 6.07) is 9.64. The van der Waals surface area contributed by atoms with Crippen molar-refractivity contribution in [3.8, 4) is 10.4 Å². The van der Waals surface area contributed by atoms with Crippen molar-refractivity contribution in [3.63, 3.8) is 0 Å². The summed E-state index contributed by atoms with van der Waals surface area (Å²) < 4.78 is 27.4. The summed E-state index contributed by atoms with van der Waals surface area (Å²) in [4.78, 5) is 12.2. The van der Waals surface area contributed by atoms with E-state index >= 15 is 0 Å². The fourth-order valence-corrected chi connectivity index (χ4v) is 5.23. The standard InChI is InChI=1S/C12H9BrN2O3S2/c13-11-9(15-6-10(16)14-20(15,17)18)7-19-12(11)8-4-2-1-3-5-8/h1-5,7H,6H2,(H,14,16). The Hall–Kier alpha value is -1.38. The lowest BCUT2D eigenvalue weighted by Crippen LogP contribution is -2.29. The van der Waals surface area contributed by atoms with Crippen LogP contribution in [0.25, 0.3) is 10.4 Å². The number of benzene rings is 1. The van der Waals surface area contributed by atoms with Gasteiger partial charge in [-0.25, -0.2) is 9.03 Å². The molecule has 3 rings (SSSR count). The van der Waals surface area contributed by atoms with Gasteiger partial charge in [-0.3, -0.25) is 4.79 Å². The average Bonchev–Trinajstić information content (AvgIpc) is 2.90. The second kappa shape index (κ2) is 4.87. The molecule has 1 amide bonds. The molecule has 0 unspecified atom stereocenters. The van der Waals surface area contributed by atoms with Crippen molar-refractivity contribution in [2.45, 2.75) is 0 Å². The Kier molecular flexibility index (Phi) is 3.31. The van der Waals surface area contributed by atoms with Gasteiger partial charge in [0.15, 0.2) is 0 Å². The van der Waals surface area contributed by atoms with Crippen LogP contribution in [0.3, 0.4) is 0 Å². The monoisotopic (exact) mass is 372 g/mol. The zero-order chi connectivity index (χ0) is 14.3. The third-order valence-corrected chi connectivity index (χ3v) is 6.31. The lowest BCUT2D eigenvalue weighted by Gasteiger charge is -2.13. The highest BCUT2D eigenvalue weighted by atomic mass is 79.9. The van der Waals surface area contributed by atoms with E-state index in [2.05, 4.69) is 15.9 Å². The zero-order valence-corrected chi connectivity index (χ0v) is 13.3. The molecule has 2 aromatic rings. The van der Waals surface area contributed by atoms with Crippen LogP contribution in [0.4, 0.5) is 5.69 Å². The zero-order valence-electron chi connectivity index (χ0n) is 10.0. The van der Waals surface area contributed by atoms with Crippen molar-refractivity contribution in [2.24, 2.45) is 0 Å². The van der Waals surface area contributed by atoms with E-state index < -0.39 is 16.1 Å². The molecule has 8 heteroatoms. The summed E-state index contributed by atoms with van der Waals surface area (Å²) in [6.45, 7) is -0.189. The first-order valence-electron chi connectivity index (χ1n) is 5.65. The SMILES string of the molecule is O=C1CN(c2csc(-c3ccccc3)c2Br)S(=O)(=O)N1. The molecule has 0 radical (unpaired) electrons. The summed E-state index contributed by atoms with van der Waals surface area (Å²) in [7, 11) is -3.77. The largest absolute Gasteiger partial charge is 0.326 e. The van der Waals surface area contributed by atoms with Crippen molar-refractivity contribution >= 4 is 49.1 Å². The Morgan fingerprint density at radius 1 is 1.25 bits per heavy atom. The number of amides is 1. The van der Waals surface area contributed by atoms with Crippen molar-refractivity contribution in [1.82, 2.24) is 4.72 Å². The number of hydrogen-bond acceptors (Lipinski definition) is 4. The molecule has 0 aliphatic carbocycles. The lowest BCUT2D eigenvalue weighted by molar-refractivity contribution is -0.117. The molecule has 1 aromatic heterocycles. The highest BCUT2D eigenvalue weighted by Crippen LogP contribution is 2.42. The predicted molar refractivity (Wildman–Crippen MR) is 81.9 cm³/mol. The third-order valence-electron chi connectivity index (χ3n) is 2.84. The molecule has 0 atom stereocenters. The Balaban J connectivity index is 2.06. The fourth-order valence-electron chi connectivity index (χ4n) is 1.95. The van der Waals surface area contributed by atoms with E-state index in [1.165, 1.54) is 11.3 Å². The van der Waals surface area contributed by atoms with Crippen LogP contribution >= 0.6 is 27.3 Å². The molecule has 20 heavy (non-hydrogen) atoms. The molecule has 1 fully saturated rings. The quantitative estimate of drug-likeness (QED) is 0.879. The molecular formula is C12H9BrN2O3S2. The number of rotatable bonds is 2. The molecule has 1 aromatic carbocycles. The summed E-state index contributed by atoms with van der Waals surface area (Å²) in [5, 5.41) is 1.73. The van der Waals surface area contributed by atoms with Gasteiger partial charge < -0.3 is 0 Å². The second-order valence-electron chi connectivity index (χ2n) is 4.17. The molecule has 0 spiro atoms. The van der Waals surface area contributed by atoms with E-state index in [1.807, 2.05) is 35.1 Å². The van der Waals surface area contributed by atoms with Gasteiger partial charge in [0.05, 0.1) is 15.0 Å². The molecule has 0 bridgehead atoms. The smallest absolute Gasteiger partial charge is 0.272 e. The van der Waals surface area contributed by atoms with E-state index in [9.17, 15) is 13.2 Å². The van der Waals surface area contributed by atoms with Gasteiger partial charge in [0.25, 0.3) is 5.91 Å². The van der Waals surface area contributed by atoms with Crippen molar-refractivity contribution in [2.75, 3.05) is 10.8 Å². The number of anilines is 1. The first kappa shape index (κ1) is 13.6. The van der Waals surface area contributed by atoms with E-state index in [0.717, 1.165) is 14.7 Å². The van der Waals surface area contributed by atoms with Crippen molar-refractivity contribution in [3.05, 3.63) is 40.2 Å². The summed E-state index contributed by atoms with van der Waals surface area (Å²) in [5.74, 6) is -0.524. The van der Waals surface area contributed by atoms with Gasteiger partial charge in [0, 0.05) is 5.38 Å². The van der Waals surface area contributed by atoms with E-state index in [-0.39, 0.29) is 6.54 Å². The van der Waals surface area contributed by atoms with Gasteiger partial charge in [-0.2, -0.15) is 8.42 Å². The number of hydrogen-bond donors (Lipinski definition) is 1. The first-order valence-corrected chi connectivity index (χ1v) is 8.76. The van der Waals surface area contributed by atoms with E-state index in [4.69, 9.17) is 0 Å². The molecule has 2 heterocycles. The molecule has 0 saturated carbocycles. The Bertz CT molecular complexity index is 771. The van der Waals surface area contributed by atoms with Gasteiger partial charge in [0.1, 0.15) is 6.54 Å². The van der Waals surface area contributed by atoms with Gasteiger partial charge in [-0.1, -0.05) is 30.3 Å². The van der Waals surface area contributed by atoms with Crippen LogP contribution < -0.4 is 9.03 Å². The summed E-state index contributed by atoms with van der Waals surface area (Å²) in [5.41, 5.74) is 1.47. The van der Waals surface area contributed by atoms with Crippen LogP contribution in [0.1, 0.15) is 0 Å². The predicted octanol–water partition coefficient (Wildman–Crippen LogP) is 2.36. The topological polar surface area (TPSA) is 66.5 Å². The number of thiophene rings is 1. The van der Waals surface area contributed by atoms with Gasteiger partial charge in [-0.15, -0.1) is 11.3 Å². The minimum Gasteiger partial charge on any atom is -0.272 e. The lowest BCUT2D eigenvalue weighted by atomic mass is 10.2. The summed E-state index contributed by atoms with van der Waals surface area (Å²) >= 11 is 4.86. The number of halogens is 1. The molecular weight excluding hydrogens is 364 g/mol. The summed E-state index contributed by atoms with van der Waals surface area (Å²) in [6.07, 6.45) is 0. The second-order valence-corrected chi connectivity index (χ2v) is 7.43. The molecule has 1 N–H and O–H groups in total. The maximum absolute atomic E-state index is 11.8. The minimum atomic E-state index is -3.77. The minimum absolute atomic E-state index is 0.189. The first-order chi connectivity index (χ1) is 9.49. The molecule has 5 nitrogen and oxygen atoms in total. The third kappa shape index (κ3) is 2.23. The normalized spacial score (nSPS) is 17.2. The van der Waals surface area contributed by atoms with Crippen LogP contribution in [0.5, 0.6) is 0 Å². The maximum Gasteiger partial charge on any atom is 0.326 e. The van der Waals surface area contributed by atoms with Gasteiger partial charge in [0.2, 0.25) is 0 Å². The van der Waals surface area contributed by atoms with Crippen molar-refractivity contribution in [1.29, 1.82) is 0 Å². The number of nitrogens with one attached hydrogen (secondary N) is 1. The van der Waals surface area contributed by atoms with Gasteiger partial charge in [-0.05, 0) is 21.5 Å². The Labute approximate surface area is 128 Å². The van der Waals surface area contributed by atoms with Crippen LogP contribution in [0.2, 0.25) is 0 Å². The van der Waals surface area contributed by atoms with Crippen LogP contribution in [-0.4, -0.2) is 20.9 Å². The number of carbonyl (C=O) groups excluding carboxylic acids is 1. The van der Waals surface area contributed by atoms with Crippen molar-refractivity contribution < 1.29 is 13.2 Å². The van der Waals surface area contributed by atoms with Gasteiger partial charge >= 0.3 is 10.2 Å². The molecule has 1 aliphatic rings. The number of carbonyl (C=O) groups is 1. The fraction of sp³-hybridized carbons (Fsp3) is 0.0833. The maximum atomic E-state index is 11.8. The average molecular weight is 373 g/mol. The van der Waals surface area contributed by atoms with E-state index in [1.54, 1.807) is 5.38 Å². The molecule has 104 valence electrons. The highest BCUT2D eigenvalue weighted by Gasteiger charge is 2.36. The molecule has 1 saturated heterocycles. The Morgan fingerprint density at radius 2 is 1.95 bits per heavy atom. The molecule has 1 aliphatic heterocycles. The van der Waals surface area contributed by atoms with Crippen LogP contribution in [0, 0.1) is 0 Å². The van der Waals surface area contributed by atoms with E-state index in [0.29, 0.717) is 10.2 Å². The van der Waals surface area contributed by atoms with Crippen LogP contribution in [-0.2, 0) is 15.0 Å². The number of nitrogens with zero attached hydrogens (tertiary/aromatic N) is 1. The Morgan fingerprint density at radius 3 is 2.55 bits per heavy atom.